The Kier molecular flexibility index (Phi) is 16.0. The lowest BCUT2D eigenvalue weighted by Gasteiger charge is -2.30. The second-order valence-electron chi connectivity index (χ2n) is 5.41. The fraction of sp³-hybridized carbons (Fsp3) is 0.333. The number of hydrogen-bond donors (Lipinski definition) is 0. The summed E-state index contributed by atoms with van der Waals surface area (Å²) in [6, 6.07) is 0. The van der Waals surface area contributed by atoms with Crippen LogP contribution in [0.4, 0.5) is 0 Å². The van der Waals surface area contributed by atoms with Gasteiger partial charge in [0, 0.05) is 24.3 Å². The maximum Gasteiger partial charge on any atom is 0.330 e. The van der Waals surface area contributed by atoms with E-state index in [9.17, 15) is 19.2 Å². The van der Waals surface area contributed by atoms with Crippen LogP contribution in [0.3, 0.4) is 0 Å². The van der Waals surface area contributed by atoms with Crippen LogP contribution in [0.5, 0.6) is 0 Å². The van der Waals surface area contributed by atoms with E-state index in [2.05, 4.69) is 37.6 Å². The first kappa shape index (κ1) is 27.8. The molecule has 8 heteroatoms. The summed E-state index contributed by atoms with van der Waals surface area (Å²) in [7, 11) is 0. The molecule has 160 valence electrons. The topological polar surface area (TPSA) is 105 Å². The first-order valence-corrected chi connectivity index (χ1v) is 8.51. The van der Waals surface area contributed by atoms with E-state index in [1.807, 2.05) is 0 Å². The number of carbonyl (C=O) groups is 4. The fourth-order valence-electron chi connectivity index (χ4n) is 1.48. The van der Waals surface area contributed by atoms with Gasteiger partial charge in [-0.3, -0.25) is 0 Å². The molecule has 0 aromatic heterocycles. The predicted molar refractivity (Wildman–Crippen MR) is 108 cm³/mol. The average molecular weight is 408 g/mol. The quantitative estimate of drug-likeness (QED) is 0.198. The minimum absolute atomic E-state index is 0.0802. The first-order valence-electron chi connectivity index (χ1n) is 8.51. The van der Waals surface area contributed by atoms with Gasteiger partial charge in [-0.1, -0.05) is 45.9 Å². The SMILES string of the molecule is C=CC(=O)OCC(CC)(COC(=O)C=C)COC(=O)C=C.C=CCOC(=O)C=C. The molecular formula is C21H28O8. The Labute approximate surface area is 171 Å². The number of hydrogen-bond acceptors (Lipinski definition) is 8. The van der Waals surface area contributed by atoms with E-state index < -0.39 is 29.3 Å². The maximum absolute atomic E-state index is 11.2. The zero-order valence-corrected chi connectivity index (χ0v) is 16.7. The summed E-state index contributed by atoms with van der Waals surface area (Å²) in [5.41, 5.74) is -0.837. The molecule has 0 saturated carbocycles. The lowest BCUT2D eigenvalue weighted by molar-refractivity contribution is -0.156. The van der Waals surface area contributed by atoms with E-state index in [4.69, 9.17) is 14.2 Å². The number of rotatable bonds is 13. The Morgan fingerprint density at radius 3 is 1.21 bits per heavy atom. The lowest BCUT2D eigenvalue weighted by atomic mass is 9.88. The van der Waals surface area contributed by atoms with Gasteiger partial charge in [-0.2, -0.15) is 0 Å². The van der Waals surface area contributed by atoms with Gasteiger partial charge in [0.25, 0.3) is 0 Å². The molecule has 0 rings (SSSR count). The Bertz CT molecular complexity index is 558. The summed E-state index contributed by atoms with van der Waals surface area (Å²) in [4.78, 5) is 43.7. The van der Waals surface area contributed by atoms with Crippen molar-refractivity contribution in [1.29, 1.82) is 0 Å². The van der Waals surface area contributed by atoms with Crippen LogP contribution < -0.4 is 0 Å². The summed E-state index contributed by atoms with van der Waals surface area (Å²) in [5.74, 6) is -2.25. The van der Waals surface area contributed by atoms with Crippen molar-refractivity contribution in [3.8, 4) is 0 Å². The number of ether oxygens (including phenoxy) is 4. The molecule has 0 amide bonds. The number of esters is 4. The Balaban J connectivity index is 0. The third-order valence-electron chi connectivity index (χ3n) is 3.32. The zero-order valence-electron chi connectivity index (χ0n) is 16.7. The smallest absolute Gasteiger partial charge is 0.330 e. The molecule has 0 aliphatic carbocycles. The van der Waals surface area contributed by atoms with E-state index >= 15 is 0 Å². The molecule has 0 unspecified atom stereocenters. The minimum Gasteiger partial charge on any atom is -0.462 e. The highest BCUT2D eigenvalue weighted by Crippen LogP contribution is 2.24. The summed E-state index contributed by atoms with van der Waals surface area (Å²) in [6.45, 7) is 18.2. The molecule has 0 bridgehead atoms. The second kappa shape index (κ2) is 16.7. The fourth-order valence-corrected chi connectivity index (χ4v) is 1.48. The van der Waals surface area contributed by atoms with Gasteiger partial charge in [0.15, 0.2) is 0 Å². The van der Waals surface area contributed by atoms with Gasteiger partial charge < -0.3 is 18.9 Å². The Morgan fingerprint density at radius 1 is 0.655 bits per heavy atom. The third kappa shape index (κ3) is 14.3. The molecule has 0 saturated heterocycles. The monoisotopic (exact) mass is 408 g/mol. The summed E-state index contributed by atoms with van der Waals surface area (Å²) in [6.07, 6.45) is 6.13. The van der Waals surface area contributed by atoms with Gasteiger partial charge in [0.05, 0.1) is 5.41 Å². The van der Waals surface area contributed by atoms with Crippen molar-refractivity contribution in [2.24, 2.45) is 5.41 Å². The summed E-state index contributed by atoms with van der Waals surface area (Å²) < 4.78 is 19.4. The molecule has 0 spiro atoms. The lowest BCUT2D eigenvalue weighted by Crippen LogP contribution is -2.38. The van der Waals surface area contributed by atoms with Gasteiger partial charge >= 0.3 is 23.9 Å². The van der Waals surface area contributed by atoms with Gasteiger partial charge in [-0.15, -0.1) is 0 Å². The minimum atomic E-state index is -0.837. The van der Waals surface area contributed by atoms with E-state index in [0.717, 1.165) is 24.3 Å². The third-order valence-corrected chi connectivity index (χ3v) is 3.32. The average Bonchev–Trinajstić information content (AvgIpc) is 2.76. The van der Waals surface area contributed by atoms with Crippen LogP contribution >= 0.6 is 0 Å². The molecular weight excluding hydrogens is 380 g/mol. The van der Waals surface area contributed by atoms with E-state index in [1.165, 1.54) is 6.08 Å². The first-order chi connectivity index (χ1) is 13.7. The van der Waals surface area contributed by atoms with Crippen molar-refractivity contribution in [1.82, 2.24) is 0 Å². The molecule has 29 heavy (non-hydrogen) atoms. The van der Waals surface area contributed by atoms with Crippen LogP contribution in [0.2, 0.25) is 0 Å². The number of carbonyl (C=O) groups excluding carboxylic acids is 4. The van der Waals surface area contributed by atoms with Crippen LogP contribution in [-0.4, -0.2) is 50.3 Å². The summed E-state index contributed by atoms with van der Waals surface area (Å²) >= 11 is 0. The van der Waals surface area contributed by atoms with Crippen LogP contribution in [-0.2, 0) is 38.1 Å². The van der Waals surface area contributed by atoms with E-state index in [-0.39, 0.29) is 26.4 Å². The van der Waals surface area contributed by atoms with Gasteiger partial charge in [-0.05, 0) is 6.42 Å². The molecule has 8 nitrogen and oxygen atoms in total. The van der Waals surface area contributed by atoms with Gasteiger partial charge in [-0.25, -0.2) is 19.2 Å². The van der Waals surface area contributed by atoms with Crippen LogP contribution in [0, 0.1) is 5.41 Å². The van der Waals surface area contributed by atoms with Crippen LogP contribution in [0.1, 0.15) is 13.3 Å². The highest BCUT2D eigenvalue weighted by Gasteiger charge is 2.33. The van der Waals surface area contributed by atoms with Crippen LogP contribution in [0.15, 0.2) is 63.3 Å². The van der Waals surface area contributed by atoms with Crippen molar-refractivity contribution in [3.63, 3.8) is 0 Å². The van der Waals surface area contributed by atoms with Gasteiger partial charge in [0.2, 0.25) is 0 Å². The van der Waals surface area contributed by atoms with Crippen molar-refractivity contribution in [2.45, 2.75) is 13.3 Å². The van der Waals surface area contributed by atoms with Crippen molar-refractivity contribution in [3.05, 3.63) is 63.3 Å². The Morgan fingerprint density at radius 2 is 0.966 bits per heavy atom. The van der Waals surface area contributed by atoms with Crippen molar-refractivity contribution in [2.75, 3.05) is 26.4 Å². The highest BCUT2D eigenvalue weighted by atomic mass is 16.6. The predicted octanol–water partition coefficient (Wildman–Crippen LogP) is 2.47. The molecule has 0 atom stereocenters. The standard InChI is InChI=1S/C15H20O6.C6H8O2/c1-5-12(16)19-9-15(8-4,10-20-13(17)6-2)11-21-14(18)7-3;1-3-5-8-6(7)4-2/h5-7H,1-3,8-11H2,4H3;3-4H,1-2,5H2. The van der Waals surface area contributed by atoms with Gasteiger partial charge in [0.1, 0.15) is 26.4 Å². The largest absolute Gasteiger partial charge is 0.462 e. The molecule has 0 aliphatic rings. The molecule has 0 radical (unpaired) electrons. The van der Waals surface area contributed by atoms with Crippen molar-refractivity contribution >= 4 is 23.9 Å². The van der Waals surface area contributed by atoms with Crippen LogP contribution in [0.25, 0.3) is 0 Å². The maximum atomic E-state index is 11.2. The molecule has 0 N–H and O–H groups in total. The molecule has 0 aromatic carbocycles. The molecule has 0 heterocycles. The Hall–Kier alpha value is -3.42. The normalized spacial score (nSPS) is 9.41. The second-order valence-corrected chi connectivity index (χ2v) is 5.41. The highest BCUT2D eigenvalue weighted by molar-refractivity contribution is 5.82. The molecule has 0 fully saturated rings. The van der Waals surface area contributed by atoms with Crippen molar-refractivity contribution < 1.29 is 38.1 Å². The van der Waals surface area contributed by atoms with E-state index in [1.54, 1.807) is 6.92 Å². The summed E-state index contributed by atoms with van der Waals surface area (Å²) in [5, 5.41) is 0. The zero-order chi connectivity index (χ0) is 22.7. The molecule has 0 aliphatic heterocycles. The van der Waals surface area contributed by atoms with E-state index in [0.29, 0.717) is 6.42 Å². The molecule has 0 aromatic rings.